The Morgan fingerprint density at radius 3 is 2.73 bits per heavy atom. The Morgan fingerprint density at radius 1 is 1.27 bits per heavy atom. The van der Waals surface area contributed by atoms with Crippen molar-refractivity contribution in [2.45, 2.75) is 44.6 Å². The number of aromatic nitrogens is 2. The van der Waals surface area contributed by atoms with Crippen LogP contribution >= 0.6 is 0 Å². The number of carbonyl (C=O) groups excluding carboxylic acids is 1. The number of sulfonamides is 1. The van der Waals surface area contributed by atoms with E-state index in [-0.39, 0.29) is 11.9 Å². The number of nitrogens with one attached hydrogen (secondary N) is 1. The molecule has 0 aromatic carbocycles. The summed E-state index contributed by atoms with van der Waals surface area (Å²) < 4.78 is 27.7. The van der Waals surface area contributed by atoms with Crippen molar-refractivity contribution >= 4 is 21.4 Å². The normalized spacial score (nSPS) is 21.3. The van der Waals surface area contributed by atoms with Gasteiger partial charge in [0.15, 0.2) is 0 Å². The molecule has 8 heteroatoms. The molecular weight excluding hydrogens is 352 g/mol. The van der Waals surface area contributed by atoms with Crippen molar-refractivity contribution in [2.24, 2.45) is 0 Å². The number of nitrogens with zero attached hydrogens (tertiary/aromatic N) is 3. The fraction of sp³-hybridized carbons (Fsp3) is 0.556. The second-order valence-electron chi connectivity index (χ2n) is 7.46. The molecule has 1 aliphatic heterocycles. The average molecular weight is 376 g/mol. The fourth-order valence-corrected chi connectivity index (χ4v) is 4.66. The molecule has 1 saturated heterocycles. The third kappa shape index (κ3) is 3.35. The molecule has 26 heavy (non-hydrogen) atoms. The van der Waals surface area contributed by atoms with E-state index in [4.69, 9.17) is 0 Å². The zero-order valence-electron chi connectivity index (χ0n) is 15.1. The van der Waals surface area contributed by atoms with E-state index < -0.39 is 10.0 Å². The number of rotatable bonds is 4. The van der Waals surface area contributed by atoms with Gasteiger partial charge in [0.25, 0.3) is 5.91 Å². The predicted molar refractivity (Wildman–Crippen MR) is 98.8 cm³/mol. The Balaban J connectivity index is 1.61. The highest BCUT2D eigenvalue weighted by Gasteiger charge is 2.30. The van der Waals surface area contributed by atoms with E-state index in [9.17, 15) is 13.2 Å². The zero-order valence-corrected chi connectivity index (χ0v) is 15.9. The third-order valence-electron chi connectivity index (χ3n) is 5.22. The van der Waals surface area contributed by atoms with Crippen LogP contribution in [-0.4, -0.2) is 54.0 Å². The van der Waals surface area contributed by atoms with Crippen LogP contribution in [0.15, 0.2) is 18.3 Å². The lowest BCUT2D eigenvalue weighted by molar-refractivity contribution is 0.0701. The Hall–Kier alpha value is -1.93. The Morgan fingerprint density at radius 2 is 2.04 bits per heavy atom. The van der Waals surface area contributed by atoms with Gasteiger partial charge in [0.2, 0.25) is 10.0 Å². The molecule has 4 rings (SSSR count). The molecule has 3 heterocycles. The lowest BCUT2D eigenvalue weighted by Gasteiger charge is -2.33. The largest absolute Gasteiger partial charge is 0.337 e. The van der Waals surface area contributed by atoms with E-state index in [1.54, 1.807) is 4.90 Å². The highest BCUT2D eigenvalue weighted by Crippen LogP contribution is 2.40. The van der Waals surface area contributed by atoms with Crippen molar-refractivity contribution in [3.8, 4) is 0 Å². The molecule has 0 bridgehead atoms. The standard InChI is InChI=1S/C18H24N4O3S/c1-12-16(8-7-15-10-19-17(22(12)15)13-5-6-13)18(23)21-9-3-4-14(11-21)20-26(2,24)25/h7-8,10,13-14,20H,3-6,9,11H2,1-2H3. The molecule has 1 saturated carbocycles. The maximum Gasteiger partial charge on any atom is 0.255 e. The molecule has 1 atom stereocenters. The van der Waals surface area contributed by atoms with Crippen LogP contribution in [-0.2, 0) is 10.0 Å². The summed E-state index contributed by atoms with van der Waals surface area (Å²) in [5.41, 5.74) is 2.58. The summed E-state index contributed by atoms with van der Waals surface area (Å²) in [5.74, 6) is 1.50. The van der Waals surface area contributed by atoms with Gasteiger partial charge >= 0.3 is 0 Å². The lowest BCUT2D eigenvalue weighted by Crippen LogP contribution is -2.49. The molecular formula is C18H24N4O3S. The molecule has 2 aromatic heterocycles. The minimum atomic E-state index is -3.28. The van der Waals surface area contributed by atoms with E-state index in [0.29, 0.717) is 24.6 Å². The van der Waals surface area contributed by atoms with Gasteiger partial charge in [0.1, 0.15) is 5.82 Å². The van der Waals surface area contributed by atoms with Gasteiger partial charge in [-0.25, -0.2) is 18.1 Å². The average Bonchev–Trinajstić information content (AvgIpc) is 3.32. The molecule has 7 nitrogen and oxygen atoms in total. The topological polar surface area (TPSA) is 83.8 Å². The third-order valence-corrected chi connectivity index (χ3v) is 5.99. The number of fused-ring (bicyclic) bond motifs is 1. The molecule has 2 aliphatic rings. The minimum Gasteiger partial charge on any atom is -0.337 e. The van der Waals surface area contributed by atoms with Gasteiger partial charge in [-0.3, -0.25) is 9.20 Å². The van der Waals surface area contributed by atoms with Crippen molar-refractivity contribution in [1.82, 2.24) is 19.0 Å². The molecule has 2 fully saturated rings. The van der Waals surface area contributed by atoms with Crippen LogP contribution in [0, 0.1) is 6.92 Å². The minimum absolute atomic E-state index is 0.0418. The molecule has 2 aromatic rings. The molecule has 1 amide bonds. The zero-order chi connectivity index (χ0) is 18.5. The van der Waals surface area contributed by atoms with Gasteiger partial charge in [0.05, 0.1) is 23.5 Å². The first-order valence-electron chi connectivity index (χ1n) is 9.07. The van der Waals surface area contributed by atoms with E-state index >= 15 is 0 Å². The summed E-state index contributed by atoms with van der Waals surface area (Å²) in [6.07, 6.45) is 6.87. The summed E-state index contributed by atoms with van der Waals surface area (Å²) >= 11 is 0. The van der Waals surface area contributed by atoms with Gasteiger partial charge in [-0.15, -0.1) is 0 Å². The first-order chi connectivity index (χ1) is 12.3. The fourth-order valence-electron chi connectivity index (χ4n) is 3.86. The van der Waals surface area contributed by atoms with E-state index in [2.05, 4.69) is 14.1 Å². The number of hydrogen-bond acceptors (Lipinski definition) is 4. The number of likely N-dealkylation sites (tertiary alicyclic amines) is 1. The first kappa shape index (κ1) is 17.5. The van der Waals surface area contributed by atoms with Gasteiger partial charge in [0, 0.05) is 30.7 Å². The monoisotopic (exact) mass is 376 g/mol. The maximum absolute atomic E-state index is 13.1. The number of imidazole rings is 1. The summed E-state index contributed by atoms with van der Waals surface area (Å²) in [5, 5.41) is 0. The van der Waals surface area contributed by atoms with E-state index in [1.165, 1.54) is 0 Å². The van der Waals surface area contributed by atoms with Gasteiger partial charge < -0.3 is 4.90 Å². The van der Waals surface area contributed by atoms with Gasteiger partial charge in [-0.05, 0) is 44.7 Å². The van der Waals surface area contributed by atoms with Crippen LogP contribution < -0.4 is 4.72 Å². The van der Waals surface area contributed by atoms with Crippen molar-refractivity contribution in [3.63, 3.8) is 0 Å². The van der Waals surface area contributed by atoms with Crippen LogP contribution in [0.3, 0.4) is 0 Å². The molecule has 1 aliphatic carbocycles. The Bertz CT molecular complexity index is 962. The summed E-state index contributed by atoms with van der Waals surface area (Å²) in [4.78, 5) is 19.4. The number of carbonyl (C=O) groups is 1. The lowest BCUT2D eigenvalue weighted by atomic mass is 10.0. The highest BCUT2D eigenvalue weighted by atomic mass is 32.2. The van der Waals surface area contributed by atoms with E-state index in [0.717, 1.165) is 49.0 Å². The second kappa shape index (κ2) is 6.35. The SMILES string of the molecule is Cc1c(C(=O)N2CCCC(NS(C)(=O)=O)C2)ccc2cnc(C3CC3)n12. The predicted octanol–water partition coefficient (Wildman–Crippen LogP) is 1.67. The van der Waals surface area contributed by atoms with Crippen molar-refractivity contribution < 1.29 is 13.2 Å². The van der Waals surface area contributed by atoms with Gasteiger partial charge in [-0.1, -0.05) is 0 Å². The summed E-state index contributed by atoms with van der Waals surface area (Å²) in [6.45, 7) is 3.02. The van der Waals surface area contributed by atoms with Crippen LogP contribution in [0.5, 0.6) is 0 Å². The molecule has 1 N–H and O–H groups in total. The second-order valence-corrected chi connectivity index (χ2v) is 9.24. The highest BCUT2D eigenvalue weighted by molar-refractivity contribution is 7.88. The van der Waals surface area contributed by atoms with Crippen LogP contribution in [0.2, 0.25) is 0 Å². The maximum atomic E-state index is 13.1. The number of piperidine rings is 1. The smallest absolute Gasteiger partial charge is 0.255 e. The van der Waals surface area contributed by atoms with E-state index in [1.807, 2.05) is 25.3 Å². The van der Waals surface area contributed by atoms with Crippen LogP contribution in [0.1, 0.15) is 53.5 Å². The number of aryl methyl sites for hydroxylation is 1. The molecule has 0 spiro atoms. The first-order valence-corrected chi connectivity index (χ1v) is 11.0. The van der Waals surface area contributed by atoms with Crippen molar-refractivity contribution in [2.75, 3.05) is 19.3 Å². The quantitative estimate of drug-likeness (QED) is 0.880. The van der Waals surface area contributed by atoms with Crippen LogP contribution in [0.25, 0.3) is 5.52 Å². The van der Waals surface area contributed by atoms with Crippen LogP contribution in [0.4, 0.5) is 0 Å². The van der Waals surface area contributed by atoms with Crippen molar-refractivity contribution in [3.05, 3.63) is 35.4 Å². The van der Waals surface area contributed by atoms with Gasteiger partial charge in [-0.2, -0.15) is 0 Å². The Kier molecular flexibility index (Phi) is 4.27. The van der Waals surface area contributed by atoms with Crippen molar-refractivity contribution in [1.29, 1.82) is 0 Å². The molecule has 140 valence electrons. The summed E-state index contributed by atoms with van der Waals surface area (Å²) in [7, 11) is -3.28. The number of pyridine rings is 1. The summed E-state index contributed by atoms with van der Waals surface area (Å²) in [6, 6.07) is 3.58. The number of hydrogen-bond donors (Lipinski definition) is 1. The molecule has 0 radical (unpaired) electrons. The Labute approximate surface area is 153 Å². The number of amides is 1. The molecule has 1 unspecified atom stereocenters.